The smallest absolute Gasteiger partial charge is 0.262 e. The van der Waals surface area contributed by atoms with Crippen molar-refractivity contribution in [3.63, 3.8) is 0 Å². The zero-order chi connectivity index (χ0) is 19.1. The number of carbonyl (C=O) groups is 1. The van der Waals surface area contributed by atoms with Gasteiger partial charge in [0.2, 0.25) is 0 Å². The molecule has 0 N–H and O–H groups in total. The van der Waals surface area contributed by atoms with Gasteiger partial charge in [0.25, 0.3) is 5.91 Å². The summed E-state index contributed by atoms with van der Waals surface area (Å²) in [5.74, 6) is -0.0839. The Hall–Kier alpha value is -3.46. The van der Waals surface area contributed by atoms with Gasteiger partial charge < -0.3 is 0 Å². The molecule has 0 bridgehead atoms. The fourth-order valence-electron chi connectivity index (χ4n) is 2.58. The molecule has 0 aliphatic carbocycles. The third-order valence-corrected chi connectivity index (χ3v) is 4.13. The number of allylic oxidation sites excluding steroid dienone is 1. The van der Waals surface area contributed by atoms with E-state index in [0.717, 1.165) is 16.9 Å². The van der Waals surface area contributed by atoms with E-state index in [-0.39, 0.29) is 5.91 Å². The summed E-state index contributed by atoms with van der Waals surface area (Å²) < 4.78 is 0. The summed E-state index contributed by atoms with van der Waals surface area (Å²) in [6.45, 7) is 4.07. The van der Waals surface area contributed by atoms with Gasteiger partial charge in [0.15, 0.2) is 0 Å². The van der Waals surface area contributed by atoms with E-state index in [0.29, 0.717) is 5.56 Å². The van der Waals surface area contributed by atoms with Crippen molar-refractivity contribution in [2.45, 2.75) is 13.8 Å². The molecule has 0 aliphatic heterocycles. The Balaban J connectivity index is 1.84. The predicted octanol–water partition coefficient (Wildman–Crippen LogP) is 5.87. The number of rotatable bonds is 5. The monoisotopic (exact) mass is 354 g/mol. The zero-order valence-electron chi connectivity index (χ0n) is 15.5. The molecule has 0 spiro atoms. The number of hydrogen-bond donors (Lipinski definition) is 0. The number of anilines is 1. The molecule has 3 aromatic rings. The van der Waals surface area contributed by atoms with E-state index in [9.17, 15) is 4.79 Å². The van der Waals surface area contributed by atoms with Crippen molar-refractivity contribution >= 4 is 23.5 Å². The molecule has 3 aromatic carbocycles. The second-order valence-corrected chi connectivity index (χ2v) is 6.33. The quantitative estimate of drug-likeness (QED) is 0.528. The fourth-order valence-corrected chi connectivity index (χ4v) is 2.58. The topological polar surface area (TPSA) is 32.7 Å². The molecule has 3 nitrogen and oxygen atoms in total. The Morgan fingerprint density at radius 1 is 0.815 bits per heavy atom. The second-order valence-electron chi connectivity index (χ2n) is 6.33. The van der Waals surface area contributed by atoms with Gasteiger partial charge in [0.05, 0.1) is 5.69 Å². The van der Waals surface area contributed by atoms with Gasteiger partial charge in [-0.25, -0.2) is 0 Å². The molecule has 0 radical (unpaired) electrons. The molecule has 27 heavy (non-hydrogen) atoms. The zero-order valence-corrected chi connectivity index (χ0v) is 15.5. The molecule has 0 aliphatic rings. The van der Waals surface area contributed by atoms with Crippen LogP contribution in [0.4, 0.5) is 11.4 Å². The molecule has 134 valence electrons. The molecule has 0 unspecified atom stereocenters. The normalized spacial score (nSPS) is 11.2. The van der Waals surface area contributed by atoms with E-state index < -0.39 is 0 Å². The van der Waals surface area contributed by atoms with Gasteiger partial charge >= 0.3 is 0 Å². The van der Waals surface area contributed by atoms with Crippen molar-refractivity contribution in [3.05, 3.63) is 108 Å². The molecule has 0 fully saturated rings. The summed E-state index contributed by atoms with van der Waals surface area (Å²) in [6, 6.07) is 25.1. The Kier molecular flexibility index (Phi) is 5.95. The largest absolute Gasteiger partial charge is 0.284 e. The van der Waals surface area contributed by atoms with E-state index in [1.165, 1.54) is 5.56 Å². The minimum absolute atomic E-state index is 0.0839. The average molecular weight is 354 g/mol. The molecule has 1 amide bonds. The molecule has 0 heterocycles. The lowest BCUT2D eigenvalue weighted by atomic mass is 10.1. The first-order valence-electron chi connectivity index (χ1n) is 8.86. The highest BCUT2D eigenvalue weighted by atomic mass is 16.2. The van der Waals surface area contributed by atoms with Crippen LogP contribution < -0.4 is 4.90 Å². The maximum Gasteiger partial charge on any atom is 0.262 e. The number of amides is 1. The maximum absolute atomic E-state index is 13.0. The third kappa shape index (κ3) is 5.02. The summed E-state index contributed by atoms with van der Waals surface area (Å²) in [5, 5.41) is 0. The molecular weight excluding hydrogens is 332 g/mol. The van der Waals surface area contributed by atoms with Crippen LogP contribution in [0.1, 0.15) is 21.5 Å². The molecule has 0 saturated carbocycles. The number of hydrogen-bond acceptors (Lipinski definition) is 2. The van der Waals surface area contributed by atoms with Crippen LogP contribution in [0.25, 0.3) is 0 Å². The standard InChI is InChI=1S/C24H22N2O/c1-19-9-13-22(14-10-19)25-17-6-18-26(23-15-11-20(2)12-16-23)24(27)21-7-4-3-5-8-21/h3-18H,1-2H3. The Morgan fingerprint density at radius 2 is 1.41 bits per heavy atom. The van der Waals surface area contributed by atoms with Gasteiger partial charge in [-0.05, 0) is 56.3 Å². The minimum Gasteiger partial charge on any atom is -0.284 e. The summed E-state index contributed by atoms with van der Waals surface area (Å²) in [5.41, 5.74) is 4.67. The molecule has 3 heteroatoms. The van der Waals surface area contributed by atoms with Crippen LogP contribution in [-0.2, 0) is 0 Å². The lowest BCUT2D eigenvalue weighted by molar-refractivity contribution is 0.0997. The van der Waals surface area contributed by atoms with Crippen LogP contribution in [-0.4, -0.2) is 12.1 Å². The minimum atomic E-state index is -0.0839. The van der Waals surface area contributed by atoms with E-state index >= 15 is 0 Å². The Labute approximate surface area is 160 Å². The molecular formula is C24H22N2O. The first-order valence-corrected chi connectivity index (χ1v) is 8.86. The summed E-state index contributed by atoms with van der Waals surface area (Å²) in [6.07, 6.45) is 5.22. The highest BCUT2D eigenvalue weighted by molar-refractivity contribution is 6.07. The summed E-state index contributed by atoms with van der Waals surface area (Å²) >= 11 is 0. The molecule has 0 aromatic heterocycles. The third-order valence-electron chi connectivity index (χ3n) is 4.13. The molecule has 0 atom stereocenters. The Bertz CT molecular complexity index is 940. The number of benzene rings is 3. The summed E-state index contributed by atoms with van der Waals surface area (Å²) in [4.78, 5) is 19.0. The lowest BCUT2D eigenvalue weighted by Crippen LogP contribution is -2.25. The van der Waals surface area contributed by atoms with Crippen LogP contribution >= 0.6 is 0 Å². The number of aliphatic imine (C=N–C) groups is 1. The van der Waals surface area contributed by atoms with E-state index in [1.807, 2.05) is 92.7 Å². The van der Waals surface area contributed by atoms with Crippen LogP contribution in [0.15, 0.2) is 96.1 Å². The van der Waals surface area contributed by atoms with Crippen molar-refractivity contribution in [3.8, 4) is 0 Å². The fraction of sp³-hybridized carbons (Fsp3) is 0.0833. The van der Waals surface area contributed by atoms with E-state index in [1.54, 1.807) is 23.4 Å². The highest BCUT2D eigenvalue weighted by Gasteiger charge is 2.14. The molecule has 3 rings (SSSR count). The van der Waals surface area contributed by atoms with Gasteiger partial charge in [-0.1, -0.05) is 53.6 Å². The highest BCUT2D eigenvalue weighted by Crippen LogP contribution is 2.19. The predicted molar refractivity (Wildman–Crippen MR) is 113 cm³/mol. The van der Waals surface area contributed by atoms with Crippen molar-refractivity contribution in [1.29, 1.82) is 0 Å². The number of nitrogens with zero attached hydrogens (tertiary/aromatic N) is 2. The van der Waals surface area contributed by atoms with Crippen LogP contribution in [0.5, 0.6) is 0 Å². The number of carbonyl (C=O) groups excluding carboxylic acids is 1. The van der Waals surface area contributed by atoms with Crippen LogP contribution in [0.2, 0.25) is 0 Å². The van der Waals surface area contributed by atoms with E-state index in [4.69, 9.17) is 0 Å². The summed E-state index contributed by atoms with van der Waals surface area (Å²) in [7, 11) is 0. The van der Waals surface area contributed by atoms with Gasteiger partial charge in [-0.3, -0.25) is 14.7 Å². The first-order chi connectivity index (χ1) is 13.1. The van der Waals surface area contributed by atoms with Crippen molar-refractivity contribution in [1.82, 2.24) is 0 Å². The van der Waals surface area contributed by atoms with Crippen molar-refractivity contribution in [2.24, 2.45) is 4.99 Å². The SMILES string of the molecule is Cc1ccc(N=CC=CN(C(=O)c2ccccc2)c2ccc(C)cc2)cc1. The van der Waals surface area contributed by atoms with Gasteiger partial charge in [0, 0.05) is 23.7 Å². The van der Waals surface area contributed by atoms with Gasteiger partial charge in [0.1, 0.15) is 0 Å². The van der Waals surface area contributed by atoms with Crippen LogP contribution in [0, 0.1) is 13.8 Å². The van der Waals surface area contributed by atoms with Gasteiger partial charge in [-0.15, -0.1) is 0 Å². The molecule has 0 saturated heterocycles. The first kappa shape index (κ1) is 18.3. The van der Waals surface area contributed by atoms with Crippen LogP contribution in [0.3, 0.4) is 0 Å². The number of aryl methyl sites for hydroxylation is 2. The second kappa shape index (κ2) is 8.77. The van der Waals surface area contributed by atoms with E-state index in [2.05, 4.69) is 4.99 Å². The Morgan fingerprint density at radius 3 is 2.04 bits per heavy atom. The average Bonchev–Trinajstić information content (AvgIpc) is 2.70. The maximum atomic E-state index is 13.0. The lowest BCUT2D eigenvalue weighted by Gasteiger charge is -2.18. The van der Waals surface area contributed by atoms with Crippen molar-refractivity contribution in [2.75, 3.05) is 4.90 Å². The van der Waals surface area contributed by atoms with Gasteiger partial charge in [-0.2, -0.15) is 0 Å². The van der Waals surface area contributed by atoms with Crippen molar-refractivity contribution < 1.29 is 4.79 Å².